The van der Waals surface area contributed by atoms with Crippen LogP contribution in [0, 0.1) is 6.92 Å². The van der Waals surface area contributed by atoms with E-state index in [1.165, 1.54) is 16.2 Å². The quantitative estimate of drug-likeness (QED) is 0.883. The Morgan fingerprint density at radius 2 is 2.00 bits per heavy atom. The molecular weight excluding hydrogens is 304 g/mol. The molecule has 1 aromatic heterocycles. The van der Waals surface area contributed by atoms with Gasteiger partial charge in [0.25, 0.3) is 5.91 Å². The summed E-state index contributed by atoms with van der Waals surface area (Å²) in [6.07, 6.45) is 3.47. The largest absolute Gasteiger partial charge is 0.380 e. The summed E-state index contributed by atoms with van der Waals surface area (Å²) in [5.41, 5.74) is 1.84. The summed E-state index contributed by atoms with van der Waals surface area (Å²) in [5, 5.41) is 3.41. The second-order valence-electron chi connectivity index (χ2n) is 6.29. The van der Waals surface area contributed by atoms with Gasteiger partial charge in [-0.1, -0.05) is 0 Å². The molecule has 0 radical (unpaired) electrons. The fourth-order valence-corrected chi connectivity index (χ4v) is 3.90. The fourth-order valence-electron chi connectivity index (χ4n) is 3.07. The van der Waals surface area contributed by atoms with Crippen LogP contribution < -0.4 is 5.32 Å². The summed E-state index contributed by atoms with van der Waals surface area (Å²) in [6.45, 7) is 5.98. The molecule has 23 heavy (non-hydrogen) atoms. The van der Waals surface area contributed by atoms with Gasteiger partial charge in [0.05, 0.1) is 0 Å². The molecule has 4 heteroatoms. The van der Waals surface area contributed by atoms with Crippen LogP contribution in [0.4, 0.5) is 5.69 Å². The topological polar surface area (TPSA) is 32.3 Å². The number of piperidine rings is 1. The number of nitrogens with zero attached hydrogens (tertiary/aromatic N) is 1. The van der Waals surface area contributed by atoms with Crippen LogP contribution in [0.15, 0.2) is 36.4 Å². The van der Waals surface area contributed by atoms with Gasteiger partial charge in [-0.15, -0.1) is 11.3 Å². The number of anilines is 1. The highest BCUT2D eigenvalue weighted by molar-refractivity contribution is 7.11. The van der Waals surface area contributed by atoms with Crippen molar-refractivity contribution in [1.29, 1.82) is 0 Å². The highest BCUT2D eigenvalue weighted by atomic mass is 32.1. The molecule has 1 N–H and O–H groups in total. The molecule has 3 nitrogen and oxygen atoms in total. The first-order chi connectivity index (χ1) is 11.1. The Bertz CT molecular complexity index is 662. The number of hydrogen-bond donors (Lipinski definition) is 1. The van der Waals surface area contributed by atoms with Gasteiger partial charge in [-0.2, -0.15) is 0 Å². The monoisotopic (exact) mass is 328 g/mol. The van der Waals surface area contributed by atoms with Crippen molar-refractivity contribution in [1.82, 2.24) is 4.90 Å². The van der Waals surface area contributed by atoms with E-state index < -0.39 is 0 Å². The standard InChI is InChI=1S/C19H24N2OS/c1-14-5-3-4-12-21(14)19(22)16-7-9-17(10-8-16)20-13-18-11-6-15(2)23-18/h6-11,14,20H,3-5,12-13H2,1-2H3/t14-/m1/s1. The molecule has 3 rings (SSSR count). The van der Waals surface area contributed by atoms with Gasteiger partial charge in [0, 0.05) is 40.1 Å². The molecule has 0 unspecified atom stereocenters. The summed E-state index contributed by atoms with van der Waals surface area (Å²) in [6, 6.07) is 12.5. The number of nitrogens with one attached hydrogen (secondary N) is 1. The van der Waals surface area contributed by atoms with E-state index in [-0.39, 0.29) is 5.91 Å². The predicted molar refractivity (Wildman–Crippen MR) is 97.2 cm³/mol. The van der Waals surface area contributed by atoms with Crippen molar-refractivity contribution in [2.24, 2.45) is 0 Å². The second-order valence-corrected chi connectivity index (χ2v) is 7.66. The molecule has 1 saturated heterocycles. The molecule has 122 valence electrons. The van der Waals surface area contributed by atoms with E-state index in [2.05, 4.69) is 31.3 Å². The Morgan fingerprint density at radius 3 is 2.65 bits per heavy atom. The zero-order valence-corrected chi connectivity index (χ0v) is 14.7. The van der Waals surface area contributed by atoms with E-state index in [0.717, 1.165) is 37.2 Å². The van der Waals surface area contributed by atoms with Crippen LogP contribution in [-0.4, -0.2) is 23.4 Å². The lowest BCUT2D eigenvalue weighted by molar-refractivity contribution is 0.0635. The van der Waals surface area contributed by atoms with Crippen molar-refractivity contribution in [2.45, 2.75) is 45.7 Å². The predicted octanol–water partition coefficient (Wildman–Crippen LogP) is 4.68. The van der Waals surface area contributed by atoms with Crippen molar-refractivity contribution in [3.63, 3.8) is 0 Å². The Balaban J connectivity index is 1.61. The molecule has 1 aliphatic rings. The normalized spacial score (nSPS) is 18.0. The number of rotatable bonds is 4. The minimum Gasteiger partial charge on any atom is -0.380 e. The molecule has 1 aliphatic heterocycles. The summed E-state index contributed by atoms with van der Waals surface area (Å²) >= 11 is 1.81. The summed E-state index contributed by atoms with van der Waals surface area (Å²) in [7, 11) is 0. The van der Waals surface area contributed by atoms with Crippen LogP contribution in [0.5, 0.6) is 0 Å². The number of amides is 1. The number of carbonyl (C=O) groups is 1. The maximum atomic E-state index is 12.6. The number of carbonyl (C=O) groups excluding carboxylic acids is 1. The number of benzene rings is 1. The van der Waals surface area contributed by atoms with Gasteiger partial charge in [0.2, 0.25) is 0 Å². The Labute approximate surface area is 142 Å². The first kappa shape index (κ1) is 16.1. The first-order valence-electron chi connectivity index (χ1n) is 8.34. The molecule has 1 atom stereocenters. The van der Waals surface area contributed by atoms with E-state index in [1.54, 1.807) is 0 Å². The van der Waals surface area contributed by atoms with E-state index in [4.69, 9.17) is 0 Å². The molecule has 2 aromatic rings. The highest BCUT2D eigenvalue weighted by Gasteiger charge is 2.23. The molecule has 0 spiro atoms. The van der Waals surface area contributed by atoms with Crippen LogP contribution in [-0.2, 0) is 6.54 Å². The third kappa shape index (κ3) is 3.94. The minimum absolute atomic E-state index is 0.164. The smallest absolute Gasteiger partial charge is 0.254 e. The van der Waals surface area contributed by atoms with Crippen LogP contribution >= 0.6 is 11.3 Å². The van der Waals surface area contributed by atoms with Crippen molar-refractivity contribution in [3.05, 3.63) is 51.7 Å². The Morgan fingerprint density at radius 1 is 1.22 bits per heavy atom. The third-order valence-electron chi connectivity index (χ3n) is 4.46. The van der Waals surface area contributed by atoms with Gasteiger partial charge in [-0.05, 0) is 69.5 Å². The highest BCUT2D eigenvalue weighted by Crippen LogP contribution is 2.21. The summed E-state index contributed by atoms with van der Waals surface area (Å²) in [5.74, 6) is 0.164. The van der Waals surface area contributed by atoms with Gasteiger partial charge in [-0.3, -0.25) is 4.79 Å². The zero-order chi connectivity index (χ0) is 16.2. The minimum atomic E-state index is 0.164. The third-order valence-corrected chi connectivity index (χ3v) is 5.46. The van der Waals surface area contributed by atoms with Crippen molar-refractivity contribution < 1.29 is 4.79 Å². The summed E-state index contributed by atoms with van der Waals surface area (Å²) < 4.78 is 0. The fraction of sp³-hybridized carbons (Fsp3) is 0.421. The number of thiophene rings is 1. The van der Waals surface area contributed by atoms with Gasteiger partial charge in [0.1, 0.15) is 0 Å². The Hall–Kier alpha value is -1.81. The van der Waals surface area contributed by atoms with E-state index in [0.29, 0.717) is 6.04 Å². The molecule has 2 heterocycles. The molecule has 0 aliphatic carbocycles. The molecular formula is C19H24N2OS. The number of likely N-dealkylation sites (tertiary alicyclic amines) is 1. The first-order valence-corrected chi connectivity index (χ1v) is 9.15. The van der Waals surface area contributed by atoms with Gasteiger partial charge >= 0.3 is 0 Å². The molecule has 1 amide bonds. The van der Waals surface area contributed by atoms with Crippen LogP contribution in [0.2, 0.25) is 0 Å². The summed E-state index contributed by atoms with van der Waals surface area (Å²) in [4.78, 5) is 17.3. The van der Waals surface area contributed by atoms with Gasteiger partial charge in [-0.25, -0.2) is 0 Å². The molecule has 0 bridgehead atoms. The second kappa shape index (κ2) is 7.18. The van der Waals surface area contributed by atoms with Crippen molar-refractivity contribution in [3.8, 4) is 0 Å². The van der Waals surface area contributed by atoms with Crippen molar-refractivity contribution >= 4 is 22.9 Å². The molecule has 1 aromatic carbocycles. The Kier molecular flexibility index (Phi) is 5.01. The molecule has 1 fully saturated rings. The van der Waals surface area contributed by atoms with Crippen LogP contribution in [0.3, 0.4) is 0 Å². The lowest BCUT2D eigenvalue weighted by Gasteiger charge is -2.33. The SMILES string of the molecule is Cc1ccc(CNc2ccc(C(=O)N3CCCC[C@H]3C)cc2)s1. The number of hydrogen-bond acceptors (Lipinski definition) is 3. The van der Waals surface area contributed by atoms with E-state index in [1.807, 2.05) is 40.5 Å². The average molecular weight is 328 g/mol. The van der Waals surface area contributed by atoms with Crippen LogP contribution in [0.25, 0.3) is 0 Å². The average Bonchev–Trinajstić information content (AvgIpc) is 2.99. The zero-order valence-electron chi connectivity index (χ0n) is 13.8. The van der Waals surface area contributed by atoms with E-state index in [9.17, 15) is 4.79 Å². The molecule has 0 saturated carbocycles. The lowest BCUT2D eigenvalue weighted by atomic mass is 10.0. The van der Waals surface area contributed by atoms with Gasteiger partial charge < -0.3 is 10.2 Å². The van der Waals surface area contributed by atoms with Crippen molar-refractivity contribution in [2.75, 3.05) is 11.9 Å². The van der Waals surface area contributed by atoms with E-state index >= 15 is 0 Å². The number of aryl methyl sites for hydroxylation is 1. The maximum Gasteiger partial charge on any atom is 0.254 e. The van der Waals surface area contributed by atoms with Gasteiger partial charge in [0.15, 0.2) is 0 Å². The maximum absolute atomic E-state index is 12.6. The van der Waals surface area contributed by atoms with Crippen LogP contribution in [0.1, 0.15) is 46.3 Å². The lowest BCUT2D eigenvalue weighted by Crippen LogP contribution is -2.41.